The molecule has 0 amide bonds. The lowest BCUT2D eigenvalue weighted by molar-refractivity contribution is 0.391. The Labute approximate surface area is 154 Å². The third-order valence-corrected chi connectivity index (χ3v) is 5.62. The molecule has 2 aliphatic carbocycles. The summed E-state index contributed by atoms with van der Waals surface area (Å²) in [6, 6.07) is 7.99. The van der Waals surface area contributed by atoms with Crippen molar-refractivity contribution in [3.05, 3.63) is 41.0 Å². The van der Waals surface area contributed by atoms with Gasteiger partial charge in [-0.3, -0.25) is 0 Å². The quantitative estimate of drug-likeness (QED) is 0.593. The van der Waals surface area contributed by atoms with Gasteiger partial charge in [0.1, 0.15) is 5.82 Å². The second-order valence-electron chi connectivity index (χ2n) is 6.52. The molecule has 0 aliphatic heterocycles. The van der Waals surface area contributed by atoms with Crippen LogP contribution in [0.3, 0.4) is 0 Å². The number of thioether (sulfide) groups is 1. The lowest BCUT2D eigenvalue weighted by atomic mass is 10.2. The van der Waals surface area contributed by atoms with E-state index in [-0.39, 0.29) is 0 Å². The van der Waals surface area contributed by atoms with Crippen molar-refractivity contribution in [3.63, 3.8) is 0 Å². The minimum atomic E-state index is 0.578. The molecule has 0 saturated heterocycles. The molecule has 8 heteroatoms. The fourth-order valence-corrected chi connectivity index (χ4v) is 3.81. The van der Waals surface area contributed by atoms with E-state index in [2.05, 4.69) is 24.9 Å². The summed E-state index contributed by atoms with van der Waals surface area (Å²) in [4.78, 5) is 4.47. The van der Waals surface area contributed by atoms with Crippen LogP contribution in [0.2, 0.25) is 5.02 Å². The van der Waals surface area contributed by atoms with Gasteiger partial charge in [-0.15, -0.1) is 10.2 Å². The second kappa shape index (κ2) is 6.14. The molecule has 25 heavy (non-hydrogen) atoms. The Morgan fingerprint density at radius 1 is 1.12 bits per heavy atom. The van der Waals surface area contributed by atoms with E-state index in [0.29, 0.717) is 34.5 Å². The molecule has 1 aromatic carbocycles. The van der Waals surface area contributed by atoms with Crippen molar-refractivity contribution in [1.29, 1.82) is 0 Å². The highest BCUT2D eigenvalue weighted by atomic mass is 35.5. The van der Waals surface area contributed by atoms with Crippen LogP contribution in [-0.4, -0.2) is 24.9 Å². The third kappa shape index (κ3) is 3.18. The number of nitrogens with zero attached hydrogens (tertiary/aromatic N) is 5. The molecule has 0 radical (unpaired) electrons. The van der Waals surface area contributed by atoms with Crippen molar-refractivity contribution in [2.75, 3.05) is 0 Å². The molecular weight excluding hydrogens is 358 g/mol. The van der Waals surface area contributed by atoms with Gasteiger partial charge < -0.3 is 9.09 Å². The van der Waals surface area contributed by atoms with Crippen LogP contribution >= 0.6 is 23.4 Å². The summed E-state index contributed by atoms with van der Waals surface area (Å²) in [6.45, 7) is 0. The smallest absolute Gasteiger partial charge is 0.237 e. The van der Waals surface area contributed by atoms with Gasteiger partial charge in [-0.1, -0.05) is 28.5 Å². The number of aromatic nitrogens is 5. The van der Waals surface area contributed by atoms with E-state index in [9.17, 15) is 0 Å². The molecular formula is C17H16ClN5OS. The zero-order valence-electron chi connectivity index (χ0n) is 13.4. The fourth-order valence-electron chi connectivity index (χ4n) is 2.84. The molecule has 6 nitrogen and oxygen atoms in total. The molecule has 2 fully saturated rings. The molecule has 2 saturated carbocycles. The first-order chi connectivity index (χ1) is 12.3. The van der Waals surface area contributed by atoms with Gasteiger partial charge in [0.05, 0.1) is 5.75 Å². The monoisotopic (exact) mass is 373 g/mol. The second-order valence-corrected chi connectivity index (χ2v) is 7.90. The Hall–Kier alpha value is -1.86. The summed E-state index contributed by atoms with van der Waals surface area (Å²) in [5.41, 5.74) is 0.890. The SMILES string of the molecule is Clc1ccc(-c2noc(CSc3nnc(C4CC4)n3C3CC3)n2)cc1. The Kier molecular flexibility index (Phi) is 3.78. The van der Waals surface area contributed by atoms with Crippen LogP contribution in [0.25, 0.3) is 11.4 Å². The van der Waals surface area contributed by atoms with E-state index >= 15 is 0 Å². The maximum Gasteiger partial charge on any atom is 0.237 e. The summed E-state index contributed by atoms with van der Waals surface area (Å²) < 4.78 is 7.71. The summed E-state index contributed by atoms with van der Waals surface area (Å²) in [7, 11) is 0. The average Bonchev–Trinajstić information content (AvgIpc) is 3.55. The van der Waals surface area contributed by atoms with Crippen molar-refractivity contribution < 1.29 is 4.52 Å². The molecule has 0 atom stereocenters. The zero-order valence-corrected chi connectivity index (χ0v) is 15.0. The van der Waals surface area contributed by atoms with Crippen LogP contribution in [0.15, 0.2) is 33.9 Å². The molecule has 0 N–H and O–H groups in total. The lowest BCUT2D eigenvalue weighted by Crippen LogP contribution is -2.01. The number of benzene rings is 1. The molecule has 3 aromatic rings. The van der Waals surface area contributed by atoms with E-state index in [4.69, 9.17) is 16.1 Å². The molecule has 2 heterocycles. The molecule has 5 rings (SSSR count). The first-order valence-electron chi connectivity index (χ1n) is 8.44. The number of hydrogen-bond acceptors (Lipinski definition) is 6. The first kappa shape index (κ1) is 15.4. The maximum absolute atomic E-state index is 5.91. The van der Waals surface area contributed by atoms with Crippen molar-refractivity contribution in [1.82, 2.24) is 24.9 Å². The van der Waals surface area contributed by atoms with E-state index in [1.807, 2.05) is 24.3 Å². The maximum atomic E-state index is 5.91. The Balaban J connectivity index is 1.31. The number of rotatable bonds is 6. The topological polar surface area (TPSA) is 69.6 Å². The lowest BCUT2D eigenvalue weighted by Gasteiger charge is -2.06. The zero-order chi connectivity index (χ0) is 16.8. The Morgan fingerprint density at radius 2 is 1.92 bits per heavy atom. The highest BCUT2D eigenvalue weighted by Crippen LogP contribution is 2.46. The summed E-state index contributed by atoms with van der Waals surface area (Å²) >= 11 is 7.53. The molecule has 128 valence electrons. The predicted molar refractivity (Wildman–Crippen MR) is 94.6 cm³/mol. The summed E-state index contributed by atoms with van der Waals surface area (Å²) in [5.74, 6) is 3.54. The molecule has 2 aliphatic rings. The van der Waals surface area contributed by atoms with Gasteiger partial charge in [0.2, 0.25) is 11.7 Å². The highest BCUT2D eigenvalue weighted by Gasteiger charge is 2.36. The van der Waals surface area contributed by atoms with Gasteiger partial charge in [-0.05, 0) is 49.9 Å². The molecule has 2 aromatic heterocycles. The van der Waals surface area contributed by atoms with Crippen LogP contribution in [-0.2, 0) is 5.75 Å². The van der Waals surface area contributed by atoms with Crippen LogP contribution in [0.1, 0.15) is 49.4 Å². The highest BCUT2D eigenvalue weighted by molar-refractivity contribution is 7.98. The van der Waals surface area contributed by atoms with Gasteiger partial charge in [0.25, 0.3) is 0 Å². The average molecular weight is 374 g/mol. The minimum absolute atomic E-state index is 0.578. The molecule has 0 spiro atoms. The first-order valence-corrected chi connectivity index (χ1v) is 9.80. The largest absolute Gasteiger partial charge is 0.338 e. The normalized spacial score (nSPS) is 17.2. The summed E-state index contributed by atoms with van der Waals surface area (Å²) in [5, 5.41) is 14.5. The molecule has 0 unspecified atom stereocenters. The fraction of sp³-hybridized carbons (Fsp3) is 0.412. The van der Waals surface area contributed by atoms with Crippen molar-refractivity contribution in [3.8, 4) is 11.4 Å². The van der Waals surface area contributed by atoms with Crippen LogP contribution in [0.5, 0.6) is 0 Å². The van der Waals surface area contributed by atoms with Gasteiger partial charge in [0, 0.05) is 22.5 Å². The van der Waals surface area contributed by atoms with E-state index < -0.39 is 0 Å². The Morgan fingerprint density at radius 3 is 2.64 bits per heavy atom. The molecule has 0 bridgehead atoms. The van der Waals surface area contributed by atoms with E-state index in [1.54, 1.807) is 11.8 Å². The van der Waals surface area contributed by atoms with Crippen molar-refractivity contribution >= 4 is 23.4 Å². The van der Waals surface area contributed by atoms with Gasteiger partial charge in [0.15, 0.2) is 5.16 Å². The standard InChI is InChI=1S/C17H16ClN5OS/c18-12-5-3-10(4-6-12)15-19-14(24-22-15)9-25-17-21-20-16(11-1-2-11)23(17)13-7-8-13/h3-6,11,13H,1-2,7-9H2. The predicted octanol–water partition coefficient (Wildman–Crippen LogP) is 4.49. The van der Waals surface area contributed by atoms with Crippen LogP contribution in [0.4, 0.5) is 0 Å². The van der Waals surface area contributed by atoms with E-state index in [0.717, 1.165) is 16.5 Å². The van der Waals surface area contributed by atoms with Crippen LogP contribution < -0.4 is 0 Å². The number of halogens is 1. The van der Waals surface area contributed by atoms with Crippen LogP contribution in [0, 0.1) is 0 Å². The van der Waals surface area contributed by atoms with Gasteiger partial charge >= 0.3 is 0 Å². The third-order valence-electron chi connectivity index (χ3n) is 4.44. The Bertz CT molecular complexity index is 898. The summed E-state index contributed by atoms with van der Waals surface area (Å²) in [6.07, 6.45) is 4.94. The number of hydrogen-bond donors (Lipinski definition) is 0. The van der Waals surface area contributed by atoms with Crippen molar-refractivity contribution in [2.24, 2.45) is 0 Å². The van der Waals surface area contributed by atoms with Gasteiger partial charge in [-0.2, -0.15) is 4.98 Å². The van der Waals surface area contributed by atoms with E-state index in [1.165, 1.54) is 25.7 Å². The van der Waals surface area contributed by atoms with Gasteiger partial charge in [-0.25, -0.2) is 0 Å². The van der Waals surface area contributed by atoms with Crippen molar-refractivity contribution in [2.45, 2.75) is 48.6 Å². The minimum Gasteiger partial charge on any atom is -0.338 e.